The number of methoxy groups -OCH3 is 2. The number of nitrogens with zero attached hydrogens (tertiary/aromatic N) is 1. The van der Waals surface area contributed by atoms with Crippen molar-refractivity contribution in [3.8, 4) is 11.5 Å². The molecule has 0 fully saturated rings. The van der Waals surface area contributed by atoms with Crippen LogP contribution in [-0.4, -0.2) is 30.1 Å². The highest BCUT2D eigenvalue weighted by Gasteiger charge is 2.16. The topological polar surface area (TPSA) is 105 Å². The molecule has 0 unspecified atom stereocenters. The van der Waals surface area contributed by atoms with Gasteiger partial charge in [0.05, 0.1) is 30.8 Å². The summed E-state index contributed by atoms with van der Waals surface area (Å²) in [6.45, 7) is 0.476. The summed E-state index contributed by atoms with van der Waals surface area (Å²) >= 11 is 0. The van der Waals surface area contributed by atoms with E-state index in [1.54, 1.807) is 32.4 Å². The number of nitrogens with one attached hydrogen (secondary N) is 3. The number of ether oxygens (including phenoxy) is 2. The Bertz CT molecular complexity index is 1400. The summed E-state index contributed by atoms with van der Waals surface area (Å²) in [4.78, 5) is 32.2. The average molecular weight is 462 g/mol. The molecule has 1 aromatic heterocycles. The van der Waals surface area contributed by atoms with Crippen molar-refractivity contribution in [2.45, 2.75) is 13.1 Å². The number of aromatic nitrogens is 2. The molecule has 9 heteroatoms. The van der Waals surface area contributed by atoms with Gasteiger partial charge in [0.15, 0.2) is 5.82 Å². The molecular weight excluding hydrogens is 439 g/mol. The molecule has 0 bridgehead atoms. The molecule has 0 aliphatic heterocycles. The predicted octanol–water partition coefficient (Wildman–Crippen LogP) is 3.62. The van der Waals surface area contributed by atoms with Crippen molar-refractivity contribution in [3.63, 3.8) is 0 Å². The van der Waals surface area contributed by atoms with Gasteiger partial charge in [-0.2, -0.15) is 0 Å². The molecule has 3 aromatic carbocycles. The third-order valence-electron chi connectivity index (χ3n) is 5.23. The van der Waals surface area contributed by atoms with Gasteiger partial charge >= 0.3 is 0 Å². The molecule has 4 aromatic rings. The van der Waals surface area contributed by atoms with E-state index in [9.17, 15) is 14.0 Å². The van der Waals surface area contributed by atoms with Gasteiger partial charge in [-0.1, -0.05) is 24.3 Å². The maximum Gasteiger partial charge on any atom is 0.287 e. The van der Waals surface area contributed by atoms with E-state index in [1.165, 1.54) is 12.1 Å². The molecule has 0 radical (unpaired) electrons. The molecule has 1 amide bonds. The van der Waals surface area contributed by atoms with Crippen LogP contribution in [0.15, 0.2) is 65.5 Å². The van der Waals surface area contributed by atoms with Gasteiger partial charge in [0.25, 0.3) is 11.5 Å². The highest BCUT2D eigenvalue weighted by molar-refractivity contribution is 5.95. The Morgan fingerprint density at radius 1 is 0.971 bits per heavy atom. The molecule has 1 heterocycles. The summed E-state index contributed by atoms with van der Waals surface area (Å²) in [5.74, 6) is 0.0162. The van der Waals surface area contributed by atoms with Crippen molar-refractivity contribution in [2.75, 3.05) is 19.5 Å². The van der Waals surface area contributed by atoms with Crippen LogP contribution in [-0.2, 0) is 13.1 Å². The van der Waals surface area contributed by atoms with Crippen molar-refractivity contribution >= 4 is 22.5 Å². The number of halogens is 1. The van der Waals surface area contributed by atoms with E-state index in [-0.39, 0.29) is 35.5 Å². The number of carbonyl (C=O) groups is 1. The van der Waals surface area contributed by atoms with Gasteiger partial charge < -0.3 is 25.1 Å². The Hall–Kier alpha value is -4.40. The van der Waals surface area contributed by atoms with E-state index in [4.69, 9.17) is 9.47 Å². The summed E-state index contributed by atoms with van der Waals surface area (Å²) in [5.41, 5.74) is 1.25. The number of carbonyl (C=O) groups excluding carboxylic acids is 1. The molecule has 0 aliphatic carbocycles. The quantitative estimate of drug-likeness (QED) is 0.369. The molecule has 4 rings (SSSR count). The number of H-pyrrole nitrogens is 1. The van der Waals surface area contributed by atoms with Crippen LogP contribution in [0, 0.1) is 5.82 Å². The standard InChI is InChI=1S/C25H23FN4O4/c1-33-17-7-3-5-15(11-17)13-27-22-19(26)9-10-20-21(22)24(31)30-23(29-20)25(32)28-14-16-6-4-8-18(12-16)34-2/h3-12,27H,13-14H2,1-2H3,(H,28,32)(H,29,30,31). The Labute approximate surface area is 194 Å². The lowest BCUT2D eigenvalue weighted by molar-refractivity contribution is 0.0940. The Morgan fingerprint density at radius 2 is 1.62 bits per heavy atom. The molecule has 34 heavy (non-hydrogen) atoms. The maximum absolute atomic E-state index is 14.6. The molecular formula is C25H23FN4O4. The fraction of sp³-hybridized carbons (Fsp3) is 0.160. The monoisotopic (exact) mass is 462 g/mol. The normalized spacial score (nSPS) is 10.7. The first-order chi connectivity index (χ1) is 16.5. The highest BCUT2D eigenvalue weighted by atomic mass is 19.1. The van der Waals surface area contributed by atoms with Crippen LogP contribution >= 0.6 is 0 Å². The summed E-state index contributed by atoms with van der Waals surface area (Å²) < 4.78 is 25.0. The summed E-state index contributed by atoms with van der Waals surface area (Å²) in [6.07, 6.45) is 0. The molecule has 0 saturated carbocycles. The fourth-order valence-corrected chi connectivity index (χ4v) is 3.51. The summed E-state index contributed by atoms with van der Waals surface area (Å²) in [7, 11) is 3.12. The van der Waals surface area contributed by atoms with E-state index < -0.39 is 17.3 Å². The zero-order chi connectivity index (χ0) is 24.1. The lowest BCUT2D eigenvalue weighted by Crippen LogP contribution is -2.27. The predicted molar refractivity (Wildman–Crippen MR) is 127 cm³/mol. The molecule has 0 saturated heterocycles. The van der Waals surface area contributed by atoms with Gasteiger partial charge in [-0.15, -0.1) is 0 Å². The largest absolute Gasteiger partial charge is 0.497 e. The lowest BCUT2D eigenvalue weighted by Gasteiger charge is -2.12. The number of aromatic amines is 1. The van der Waals surface area contributed by atoms with Crippen LogP contribution < -0.4 is 25.7 Å². The Morgan fingerprint density at radius 3 is 2.26 bits per heavy atom. The fourth-order valence-electron chi connectivity index (χ4n) is 3.51. The van der Waals surface area contributed by atoms with Crippen molar-refractivity contribution in [1.82, 2.24) is 15.3 Å². The zero-order valence-corrected chi connectivity index (χ0v) is 18.6. The van der Waals surface area contributed by atoms with Crippen molar-refractivity contribution < 1.29 is 18.7 Å². The first-order valence-corrected chi connectivity index (χ1v) is 10.5. The van der Waals surface area contributed by atoms with E-state index in [1.807, 2.05) is 30.3 Å². The molecule has 0 spiro atoms. The minimum absolute atomic E-state index is 0.0115. The van der Waals surface area contributed by atoms with Gasteiger partial charge in [-0.05, 0) is 47.5 Å². The first kappa shape index (κ1) is 22.8. The van der Waals surface area contributed by atoms with Crippen molar-refractivity contribution in [3.05, 3.63) is 93.8 Å². The highest BCUT2D eigenvalue weighted by Crippen LogP contribution is 2.24. The SMILES string of the molecule is COc1cccc(CNC(=O)c2nc3ccc(F)c(NCc4cccc(OC)c4)c3c(=O)[nH]2)c1. The molecule has 0 aliphatic rings. The second-order valence-corrected chi connectivity index (χ2v) is 7.47. The van der Waals surface area contributed by atoms with Crippen molar-refractivity contribution in [2.24, 2.45) is 0 Å². The van der Waals surface area contributed by atoms with Gasteiger partial charge in [0, 0.05) is 13.1 Å². The smallest absolute Gasteiger partial charge is 0.287 e. The van der Waals surface area contributed by atoms with Crippen LogP contribution in [0.2, 0.25) is 0 Å². The van der Waals surface area contributed by atoms with E-state index >= 15 is 0 Å². The van der Waals surface area contributed by atoms with Gasteiger partial charge in [-0.3, -0.25) is 9.59 Å². The maximum atomic E-state index is 14.6. The molecule has 8 nitrogen and oxygen atoms in total. The van der Waals surface area contributed by atoms with Crippen LogP contribution in [0.1, 0.15) is 21.7 Å². The molecule has 174 valence electrons. The summed E-state index contributed by atoms with van der Waals surface area (Å²) in [6, 6.07) is 17.1. The minimum atomic E-state index is -0.621. The number of anilines is 1. The zero-order valence-electron chi connectivity index (χ0n) is 18.6. The van der Waals surface area contributed by atoms with Gasteiger partial charge in [0.2, 0.25) is 0 Å². The summed E-state index contributed by atoms with van der Waals surface area (Å²) in [5, 5.41) is 5.72. The van der Waals surface area contributed by atoms with E-state index in [0.717, 1.165) is 11.1 Å². The van der Waals surface area contributed by atoms with E-state index in [0.29, 0.717) is 11.5 Å². The number of hydrogen-bond donors (Lipinski definition) is 3. The number of fused-ring (bicyclic) bond motifs is 1. The van der Waals surface area contributed by atoms with E-state index in [2.05, 4.69) is 20.6 Å². The average Bonchev–Trinajstić information content (AvgIpc) is 2.87. The molecule has 0 atom stereocenters. The number of hydrogen-bond acceptors (Lipinski definition) is 6. The second-order valence-electron chi connectivity index (χ2n) is 7.47. The van der Waals surface area contributed by atoms with Crippen LogP contribution in [0.5, 0.6) is 11.5 Å². The Kier molecular flexibility index (Phi) is 6.72. The van der Waals surface area contributed by atoms with Crippen LogP contribution in [0.25, 0.3) is 10.9 Å². The third-order valence-corrected chi connectivity index (χ3v) is 5.23. The van der Waals surface area contributed by atoms with Crippen LogP contribution in [0.4, 0.5) is 10.1 Å². The third kappa shape index (κ3) is 4.98. The van der Waals surface area contributed by atoms with Crippen LogP contribution in [0.3, 0.4) is 0 Å². The number of amides is 1. The van der Waals surface area contributed by atoms with Crippen molar-refractivity contribution in [1.29, 1.82) is 0 Å². The molecule has 3 N–H and O–H groups in total. The lowest BCUT2D eigenvalue weighted by atomic mass is 10.1. The van der Waals surface area contributed by atoms with Gasteiger partial charge in [-0.25, -0.2) is 9.37 Å². The van der Waals surface area contributed by atoms with Gasteiger partial charge in [0.1, 0.15) is 17.3 Å². The number of benzene rings is 3. The first-order valence-electron chi connectivity index (χ1n) is 10.5. The Balaban J connectivity index is 1.56. The number of rotatable bonds is 8. The second kappa shape index (κ2) is 10.0. The minimum Gasteiger partial charge on any atom is -0.497 e.